The second-order valence-corrected chi connectivity index (χ2v) is 7.03. The van der Waals surface area contributed by atoms with Gasteiger partial charge in [0.25, 0.3) is 5.91 Å². The summed E-state index contributed by atoms with van der Waals surface area (Å²) in [5.41, 5.74) is 1.60. The molecule has 1 aromatic carbocycles. The molecule has 3 heterocycles. The van der Waals surface area contributed by atoms with Crippen LogP contribution in [-0.4, -0.2) is 60.2 Å². The SMILES string of the molecule is CC1CCCN(C(=O)c2ccc3ncnc(N4CCOCC4)c3c2)C1. The predicted molar refractivity (Wildman–Crippen MR) is 96.9 cm³/mol. The van der Waals surface area contributed by atoms with Crippen molar-refractivity contribution in [1.82, 2.24) is 14.9 Å². The number of aromatic nitrogens is 2. The number of rotatable bonds is 2. The van der Waals surface area contributed by atoms with E-state index in [2.05, 4.69) is 21.8 Å². The summed E-state index contributed by atoms with van der Waals surface area (Å²) in [6.07, 6.45) is 3.89. The van der Waals surface area contributed by atoms with E-state index in [1.165, 1.54) is 6.42 Å². The van der Waals surface area contributed by atoms with Crippen molar-refractivity contribution < 1.29 is 9.53 Å². The van der Waals surface area contributed by atoms with E-state index < -0.39 is 0 Å². The molecule has 1 aromatic heterocycles. The molecule has 132 valence electrons. The molecule has 0 N–H and O–H groups in total. The molecule has 2 aliphatic heterocycles. The first-order valence-corrected chi connectivity index (χ1v) is 9.09. The average Bonchev–Trinajstić information content (AvgIpc) is 2.67. The van der Waals surface area contributed by atoms with Gasteiger partial charge >= 0.3 is 0 Å². The molecule has 2 fully saturated rings. The molecule has 4 rings (SSSR count). The summed E-state index contributed by atoms with van der Waals surface area (Å²) in [6, 6.07) is 5.78. The summed E-state index contributed by atoms with van der Waals surface area (Å²) >= 11 is 0. The molecule has 0 saturated carbocycles. The maximum Gasteiger partial charge on any atom is 0.253 e. The van der Waals surface area contributed by atoms with E-state index >= 15 is 0 Å². The molecule has 0 radical (unpaired) electrons. The third-order valence-corrected chi connectivity index (χ3v) is 5.12. The first-order valence-electron chi connectivity index (χ1n) is 9.09. The number of hydrogen-bond donors (Lipinski definition) is 0. The normalized spacial score (nSPS) is 21.6. The molecule has 0 aliphatic carbocycles. The van der Waals surface area contributed by atoms with E-state index in [1.807, 2.05) is 23.1 Å². The van der Waals surface area contributed by atoms with Crippen LogP contribution in [0.15, 0.2) is 24.5 Å². The summed E-state index contributed by atoms with van der Waals surface area (Å²) in [7, 11) is 0. The van der Waals surface area contributed by atoms with Gasteiger partial charge in [-0.05, 0) is 37.0 Å². The van der Waals surface area contributed by atoms with Gasteiger partial charge in [-0.15, -0.1) is 0 Å². The van der Waals surface area contributed by atoms with Crippen LogP contribution < -0.4 is 4.90 Å². The van der Waals surface area contributed by atoms with Crippen LogP contribution in [0.5, 0.6) is 0 Å². The Hall–Kier alpha value is -2.21. The molecule has 1 unspecified atom stereocenters. The minimum atomic E-state index is 0.116. The van der Waals surface area contributed by atoms with E-state index in [4.69, 9.17) is 4.74 Å². The minimum absolute atomic E-state index is 0.116. The maximum atomic E-state index is 12.9. The highest BCUT2D eigenvalue weighted by Gasteiger charge is 2.23. The van der Waals surface area contributed by atoms with Crippen LogP contribution in [0.1, 0.15) is 30.1 Å². The lowest BCUT2D eigenvalue weighted by molar-refractivity contribution is 0.0683. The summed E-state index contributed by atoms with van der Waals surface area (Å²) < 4.78 is 5.44. The van der Waals surface area contributed by atoms with Gasteiger partial charge in [0, 0.05) is 37.1 Å². The molecule has 1 amide bonds. The van der Waals surface area contributed by atoms with Gasteiger partial charge in [-0.3, -0.25) is 4.79 Å². The van der Waals surface area contributed by atoms with Gasteiger partial charge in [-0.25, -0.2) is 9.97 Å². The van der Waals surface area contributed by atoms with Crippen LogP contribution in [0.2, 0.25) is 0 Å². The molecule has 6 heteroatoms. The number of amides is 1. The Morgan fingerprint density at radius 1 is 1.20 bits per heavy atom. The number of likely N-dealkylation sites (tertiary alicyclic amines) is 1. The monoisotopic (exact) mass is 340 g/mol. The second kappa shape index (κ2) is 6.96. The van der Waals surface area contributed by atoms with Gasteiger partial charge in [0.2, 0.25) is 0 Å². The lowest BCUT2D eigenvalue weighted by Gasteiger charge is -2.31. The fourth-order valence-electron chi connectivity index (χ4n) is 3.76. The number of ether oxygens (including phenoxy) is 1. The van der Waals surface area contributed by atoms with Gasteiger partial charge in [0.15, 0.2) is 0 Å². The van der Waals surface area contributed by atoms with Crippen molar-refractivity contribution in [2.24, 2.45) is 5.92 Å². The molecule has 2 aromatic rings. The van der Waals surface area contributed by atoms with Gasteiger partial charge < -0.3 is 14.5 Å². The molecule has 2 aliphatic rings. The first kappa shape index (κ1) is 16.3. The Balaban J connectivity index is 1.67. The molecular formula is C19H24N4O2. The van der Waals surface area contributed by atoms with Crippen molar-refractivity contribution in [2.45, 2.75) is 19.8 Å². The summed E-state index contributed by atoms with van der Waals surface area (Å²) in [5, 5.41) is 0.945. The zero-order valence-corrected chi connectivity index (χ0v) is 14.6. The van der Waals surface area contributed by atoms with Gasteiger partial charge in [0.05, 0.1) is 18.7 Å². The molecule has 1 atom stereocenters. The van der Waals surface area contributed by atoms with Crippen molar-refractivity contribution in [1.29, 1.82) is 0 Å². The number of fused-ring (bicyclic) bond motifs is 1. The fourth-order valence-corrected chi connectivity index (χ4v) is 3.76. The second-order valence-electron chi connectivity index (χ2n) is 7.03. The van der Waals surface area contributed by atoms with E-state index in [0.29, 0.717) is 19.1 Å². The van der Waals surface area contributed by atoms with Crippen molar-refractivity contribution in [3.05, 3.63) is 30.1 Å². The molecule has 6 nitrogen and oxygen atoms in total. The van der Waals surface area contributed by atoms with Crippen LogP contribution in [-0.2, 0) is 4.74 Å². The quantitative estimate of drug-likeness (QED) is 0.840. The Morgan fingerprint density at radius 2 is 2.04 bits per heavy atom. The Labute approximate surface area is 147 Å². The molecular weight excluding hydrogens is 316 g/mol. The highest BCUT2D eigenvalue weighted by molar-refractivity contribution is 6.00. The number of piperidine rings is 1. The van der Waals surface area contributed by atoms with Gasteiger partial charge in [0.1, 0.15) is 12.1 Å². The summed E-state index contributed by atoms with van der Waals surface area (Å²) in [6.45, 7) is 6.94. The third kappa shape index (κ3) is 3.31. The number of benzene rings is 1. The Bertz CT molecular complexity index is 773. The van der Waals surface area contributed by atoms with Crippen LogP contribution in [0.3, 0.4) is 0 Å². The molecule has 0 spiro atoms. The van der Waals surface area contributed by atoms with E-state index in [-0.39, 0.29) is 5.91 Å². The van der Waals surface area contributed by atoms with Crippen LogP contribution in [0.4, 0.5) is 5.82 Å². The molecule has 0 bridgehead atoms. The standard InChI is InChI=1S/C19H24N4O2/c1-14-3-2-6-23(12-14)19(24)15-4-5-17-16(11-15)18(21-13-20-17)22-7-9-25-10-8-22/h4-5,11,13-14H,2-3,6-10,12H2,1H3. The zero-order valence-electron chi connectivity index (χ0n) is 14.6. The number of morpholine rings is 1. The Kier molecular flexibility index (Phi) is 4.53. The van der Waals surface area contributed by atoms with Gasteiger partial charge in [-0.2, -0.15) is 0 Å². The van der Waals surface area contributed by atoms with Crippen molar-refractivity contribution in [3.63, 3.8) is 0 Å². The van der Waals surface area contributed by atoms with Crippen LogP contribution in [0.25, 0.3) is 10.9 Å². The predicted octanol–water partition coefficient (Wildman–Crippen LogP) is 2.34. The topological polar surface area (TPSA) is 58.6 Å². The maximum absolute atomic E-state index is 12.9. The first-order chi connectivity index (χ1) is 12.2. The lowest BCUT2D eigenvalue weighted by atomic mass is 9.99. The highest BCUT2D eigenvalue weighted by Crippen LogP contribution is 2.26. The molecule has 2 saturated heterocycles. The lowest BCUT2D eigenvalue weighted by Crippen LogP contribution is -2.39. The summed E-state index contributed by atoms with van der Waals surface area (Å²) in [5.74, 6) is 1.59. The fraction of sp³-hybridized carbons (Fsp3) is 0.526. The van der Waals surface area contributed by atoms with Crippen molar-refractivity contribution >= 4 is 22.6 Å². The smallest absolute Gasteiger partial charge is 0.253 e. The largest absolute Gasteiger partial charge is 0.378 e. The number of carbonyl (C=O) groups is 1. The number of anilines is 1. The summed E-state index contributed by atoms with van der Waals surface area (Å²) in [4.78, 5) is 26.0. The van der Waals surface area contributed by atoms with Crippen LogP contribution >= 0.6 is 0 Å². The number of carbonyl (C=O) groups excluding carboxylic acids is 1. The zero-order chi connectivity index (χ0) is 17.2. The van der Waals surface area contributed by atoms with Gasteiger partial charge in [-0.1, -0.05) is 6.92 Å². The highest BCUT2D eigenvalue weighted by atomic mass is 16.5. The van der Waals surface area contributed by atoms with E-state index in [0.717, 1.165) is 54.9 Å². The number of nitrogens with zero attached hydrogens (tertiary/aromatic N) is 4. The van der Waals surface area contributed by atoms with E-state index in [9.17, 15) is 4.79 Å². The van der Waals surface area contributed by atoms with E-state index in [1.54, 1.807) is 6.33 Å². The third-order valence-electron chi connectivity index (χ3n) is 5.12. The van der Waals surface area contributed by atoms with Crippen molar-refractivity contribution in [3.8, 4) is 0 Å². The average molecular weight is 340 g/mol. The van der Waals surface area contributed by atoms with Crippen molar-refractivity contribution in [2.75, 3.05) is 44.3 Å². The number of hydrogen-bond acceptors (Lipinski definition) is 5. The molecule has 25 heavy (non-hydrogen) atoms. The van der Waals surface area contributed by atoms with Crippen LogP contribution in [0, 0.1) is 5.92 Å². The Morgan fingerprint density at radius 3 is 2.84 bits per heavy atom. The minimum Gasteiger partial charge on any atom is -0.378 e.